The Balaban J connectivity index is 1.49. The summed E-state index contributed by atoms with van der Waals surface area (Å²) in [5.74, 6) is 1.92. The van der Waals surface area contributed by atoms with Crippen molar-refractivity contribution in [1.29, 1.82) is 0 Å². The van der Waals surface area contributed by atoms with E-state index in [1.807, 2.05) is 6.20 Å². The number of pyridine rings is 1. The third-order valence-electron chi connectivity index (χ3n) is 4.81. The Labute approximate surface area is 160 Å². The molecule has 0 aliphatic carbocycles. The van der Waals surface area contributed by atoms with Crippen LogP contribution in [0.15, 0.2) is 34.8 Å². The van der Waals surface area contributed by atoms with Crippen molar-refractivity contribution in [1.82, 2.24) is 15.6 Å². The second-order valence-corrected chi connectivity index (χ2v) is 7.73. The van der Waals surface area contributed by atoms with Crippen molar-refractivity contribution in [2.24, 2.45) is 4.99 Å². The lowest BCUT2D eigenvalue weighted by Gasteiger charge is -2.21. The van der Waals surface area contributed by atoms with Gasteiger partial charge < -0.3 is 15.5 Å². The van der Waals surface area contributed by atoms with E-state index < -0.39 is 0 Å². The fourth-order valence-electron chi connectivity index (χ4n) is 3.16. The van der Waals surface area contributed by atoms with Crippen molar-refractivity contribution in [3.8, 4) is 0 Å². The maximum Gasteiger partial charge on any atom is 0.191 e. The Morgan fingerprint density at radius 3 is 2.50 bits per heavy atom. The lowest BCUT2D eigenvalue weighted by Crippen LogP contribution is -2.36. The zero-order valence-corrected chi connectivity index (χ0v) is 16.6. The molecule has 3 rings (SSSR count). The highest BCUT2D eigenvalue weighted by Gasteiger charge is 2.10. The smallest absolute Gasteiger partial charge is 0.191 e. The molecule has 2 N–H and O–H groups in total. The molecule has 1 aliphatic heterocycles. The standard InChI is InChI=1S/C20H29N5S/c1-16-9-12-26-18(16)15-24-20(21-2)23-14-17-7-8-19(22-13-17)25-10-5-3-4-6-11-25/h7-9,12-13H,3-6,10-11,14-15H2,1-2H3,(H2,21,23,24). The van der Waals surface area contributed by atoms with E-state index in [9.17, 15) is 0 Å². The predicted molar refractivity (Wildman–Crippen MR) is 111 cm³/mol. The lowest BCUT2D eigenvalue weighted by atomic mass is 10.2. The molecule has 3 heterocycles. The van der Waals surface area contributed by atoms with Gasteiger partial charge in [0.2, 0.25) is 0 Å². The number of aryl methyl sites for hydroxylation is 1. The maximum absolute atomic E-state index is 4.67. The first-order chi connectivity index (χ1) is 12.8. The van der Waals surface area contributed by atoms with Crippen molar-refractivity contribution >= 4 is 23.1 Å². The fourth-order valence-corrected chi connectivity index (χ4v) is 4.01. The summed E-state index contributed by atoms with van der Waals surface area (Å²) in [4.78, 5) is 12.7. The van der Waals surface area contributed by atoms with E-state index in [1.165, 1.54) is 41.7 Å². The summed E-state index contributed by atoms with van der Waals surface area (Å²) in [6.45, 7) is 5.92. The largest absolute Gasteiger partial charge is 0.357 e. The third-order valence-corrected chi connectivity index (χ3v) is 5.83. The highest BCUT2D eigenvalue weighted by Crippen LogP contribution is 2.17. The molecule has 0 amide bonds. The zero-order chi connectivity index (χ0) is 18.2. The average molecular weight is 372 g/mol. The summed E-state index contributed by atoms with van der Waals surface area (Å²) in [6.07, 6.45) is 7.21. The second-order valence-electron chi connectivity index (χ2n) is 6.73. The lowest BCUT2D eigenvalue weighted by molar-refractivity contribution is 0.726. The number of anilines is 1. The van der Waals surface area contributed by atoms with Gasteiger partial charge in [0.05, 0.1) is 6.54 Å². The van der Waals surface area contributed by atoms with Gasteiger partial charge in [0, 0.05) is 37.8 Å². The molecule has 0 unspecified atom stereocenters. The summed E-state index contributed by atoms with van der Waals surface area (Å²) >= 11 is 1.77. The van der Waals surface area contributed by atoms with Gasteiger partial charge in [-0.2, -0.15) is 0 Å². The van der Waals surface area contributed by atoms with E-state index in [-0.39, 0.29) is 0 Å². The Morgan fingerprint density at radius 1 is 1.12 bits per heavy atom. The van der Waals surface area contributed by atoms with Gasteiger partial charge >= 0.3 is 0 Å². The van der Waals surface area contributed by atoms with Crippen LogP contribution in [-0.2, 0) is 13.1 Å². The van der Waals surface area contributed by atoms with Gasteiger partial charge in [-0.25, -0.2) is 4.98 Å². The molecular weight excluding hydrogens is 342 g/mol. The van der Waals surface area contributed by atoms with Crippen LogP contribution in [0.1, 0.15) is 41.7 Å². The van der Waals surface area contributed by atoms with Crippen LogP contribution in [0.5, 0.6) is 0 Å². The van der Waals surface area contributed by atoms with E-state index in [1.54, 1.807) is 18.4 Å². The van der Waals surface area contributed by atoms with Crippen molar-refractivity contribution in [2.75, 3.05) is 25.0 Å². The number of nitrogens with zero attached hydrogens (tertiary/aromatic N) is 3. The van der Waals surface area contributed by atoms with E-state index >= 15 is 0 Å². The van der Waals surface area contributed by atoms with Gasteiger partial charge in [0.15, 0.2) is 5.96 Å². The van der Waals surface area contributed by atoms with Crippen LogP contribution in [0.2, 0.25) is 0 Å². The van der Waals surface area contributed by atoms with Gasteiger partial charge in [-0.3, -0.25) is 4.99 Å². The first kappa shape index (κ1) is 18.7. The van der Waals surface area contributed by atoms with Gasteiger partial charge in [-0.05, 0) is 48.4 Å². The maximum atomic E-state index is 4.67. The van der Waals surface area contributed by atoms with Gasteiger partial charge in [-0.1, -0.05) is 18.9 Å². The Morgan fingerprint density at radius 2 is 1.88 bits per heavy atom. The normalized spacial score (nSPS) is 15.6. The summed E-state index contributed by atoms with van der Waals surface area (Å²) in [7, 11) is 1.80. The molecule has 0 atom stereocenters. The number of hydrogen-bond acceptors (Lipinski definition) is 4. The number of rotatable bonds is 5. The second kappa shape index (κ2) is 9.57. The van der Waals surface area contributed by atoms with E-state index in [0.717, 1.165) is 38.0 Å². The van der Waals surface area contributed by atoms with Gasteiger partial charge in [-0.15, -0.1) is 11.3 Å². The number of guanidine groups is 1. The minimum atomic E-state index is 0.719. The van der Waals surface area contributed by atoms with Crippen LogP contribution in [0.25, 0.3) is 0 Å². The Hall–Kier alpha value is -2.08. The number of nitrogens with one attached hydrogen (secondary N) is 2. The topological polar surface area (TPSA) is 52.6 Å². The summed E-state index contributed by atoms with van der Waals surface area (Å²) in [5, 5.41) is 8.87. The van der Waals surface area contributed by atoms with Crippen molar-refractivity contribution < 1.29 is 0 Å². The molecule has 1 saturated heterocycles. The Kier molecular flexibility index (Phi) is 6.89. The zero-order valence-electron chi connectivity index (χ0n) is 15.8. The van der Waals surface area contributed by atoms with Crippen LogP contribution < -0.4 is 15.5 Å². The van der Waals surface area contributed by atoms with Crippen LogP contribution in [0, 0.1) is 6.92 Å². The summed E-state index contributed by atoms with van der Waals surface area (Å²) < 4.78 is 0. The van der Waals surface area contributed by atoms with E-state index in [2.05, 4.69) is 56.0 Å². The van der Waals surface area contributed by atoms with Crippen LogP contribution >= 0.6 is 11.3 Å². The molecule has 0 aromatic carbocycles. The minimum absolute atomic E-state index is 0.719. The first-order valence-electron chi connectivity index (χ1n) is 9.43. The molecule has 5 nitrogen and oxygen atoms in total. The molecule has 140 valence electrons. The molecule has 0 saturated carbocycles. The molecule has 1 aliphatic rings. The molecule has 2 aromatic heterocycles. The third kappa shape index (κ3) is 5.21. The Bertz CT molecular complexity index is 699. The number of hydrogen-bond donors (Lipinski definition) is 2. The number of aliphatic imine (C=N–C) groups is 1. The highest BCUT2D eigenvalue weighted by molar-refractivity contribution is 7.10. The van der Waals surface area contributed by atoms with E-state index in [4.69, 9.17) is 0 Å². The van der Waals surface area contributed by atoms with Crippen LogP contribution in [0.4, 0.5) is 5.82 Å². The van der Waals surface area contributed by atoms with Crippen LogP contribution in [-0.4, -0.2) is 31.1 Å². The number of aromatic nitrogens is 1. The minimum Gasteiger partial charge on any atom is -0.357 e. The fraction of sp³-hybridized carbons (Fsp3) is 0.500. The molecule has 1 fully saturated rings. The molecular formula is C20H29N5S. The molecule has 0 bridgehead atoms. The molecule has 2 aromatic rings. The van der Waals surface area contributed by atoms with Crippen LogP contribution in [0.3, 0.4) is 0 Å². The molecule has 6 heteroatoms. The molecule has 0 radical (unpaired) electrons. The quantitative estimate of drug-likeness (QED) is 0.622. The SMILES string of the molecule is CN=C(NCc1ccc(N2CCCCCC2)nc1)NCc1sccc1C. The van der Waals surface area contributed by atoms with E-state index in [0.29, 0.717) is 0 Å². The highest BCUT2D eigenvalue weighted by atomic mass is 32.1. The molecule has 26 heavy (non-hydrogen) atoms. The summed E-state index contributed by atoms with van der Waals surface area (Å²) in [6, 6.07) is 6.46. The summed E-state index contributed by atoms with van der Waals surface area (Å²) in [5.41, 5.74) is 2.49. The van der Waals surface area contributed by atoms with Crippen molar-refractivity contribution in [3.63, 3.8) is 0 Å². The monoisotopic (exact) mass is 371 g/mol. The first-order valence-corrected chi connectivity index (χ1v) is 10.3. The number of thiophene rings is 1. The van der Waals surface area contributed by atoms with Gasteiger partial charge in [0.1, 0.15) is 5.82 Å². The average Bonchev–Trinajstić information content (AvgIpc) is 2.91. The van der Waals surface area contributed by atoms with Gasteiger partial charge in [0.25, 0.3) is 0 Å². The van der Waals surface area contributed by atoms with Crippen molar-refractivity contribution in [3.05, 3.63) is 45.8 Å². The predicted octanol–water partition coefficient (Wildman–Crippen LogP) is 3.70. The van der Waals surface area contributed by atoms with Crippen molar-refractivity contribution in [2.45, 2.75) is 45.7 Å². The molecule has 0 spiro atoms.